The van der Waals surface area contributed by atoms with E-state index >= 15 is 0 Å². The summed E-state index contributed by atoms with van der Waals surface area (Å²) in [6.07, 6.45) is 2.36. The van der Waals surface area contributed by atoms with E-state index in [0.717, 1.165) is 24.2 Å². The molecule has 1 atom stereocenters. The quantitative estimate of drug-likeness (QED) is 0.917. The minimum Gasteiger partial charge on any atom is -0.374 e. The van der Waals surface area contributed by atoms with Gasteiger partial charge in [-0.3, -0.25) is 0 Å². The monoisotopic (exact) mass is 283 g/mol. The van der Waals surface area contributed by atoms with Crippen molar-refractivity contribution in [2.75, 3.05) is 13.2 Å². The Morgan fingerprint density at radius 1 is 1.38 bits per heavy atom. The summed E-state index contributed by atoms with van der Waals surface area (Å²) in [5.74, 6) is 0. The molecule has 2 rings (SSSR count). The van der Waals surface area contributed by atoms with Gasteiger partial charge in [-0.15, -0.1) is 0 Å². The molecule has 0 radical (unpaired) electrons. The third kappa shape index (κ3) is 3.30. The topological polar surface area (TPSA) is 21.3 Å². The van der Waals surface area contributed by atoms with Gasteiger partial charge >= 0.3 is 0 Å². The fraction of sp³-hybridized carbons (Fsp3) is 0.538. The third-order valence-corrected chi connectivity index (χ3v) is 3.57. The Labute approximate surface area is 106 Å². The Morgan fingerprint density at radius 2 is 2.12 bits per heavy atom. The molecule has 88 valence electrons. The highest BCUT2D eigenvalue weighted by molar-refractivity contribution is 9.10. The van der Waals surface area contributed by atoms with Gasteiger partial charge in [0, 0.05) is 24.2 Å². The lowest BCUT2D eigenvalue weighted by Crippen LogP contribution is -2.36. The zero-order valence-electron chi connectivity index (χ0n) is 9.63. The number of hydrogen-bond donors (Lipinski definition) is 1. The Bertz CT molecular complexity index is 330. The van der Waals surface area contributed by atoms with E-state index in [0.29, 0.717) is 0 Å². The molecule has 2 nitrogen and oxygen atoms in total. The Hall–Kier alpha value is -0.380. The lowest BCUT2D eigenvalue weighted by atomic mass is 10.0. The minimum absolute atomic E-state index is 0.0510. The number of rotatable bonds is 4. The lowest BCUT2D eigenvalue weighted by Gasteiger charge is -2.23. The molecule has 3 heteroatoms. The summed E-state index contributed by atoms with van der Waals surface area (Å²) >= 11 is 3.44. The van der Waals surface area contributed by atoms with Crippen molar-refractivity contribution < 1.29 is 4.74 Å². The van der Waals surface area contributed by atoms with Crippen LogP contribution in [-0.2, 0) is 11.3 Å². The van der Waals surface area contributed by atoms with E-state index < -0.39 is 0 Å². The van der Waals surface area contributed by atoms with Crippen molar-refractivity contribution in [3.05, 3.63) is 34.3 Å². The highest BCUT2D eigenvalue weighted by Crippen LogP contribution is 2.24. The second kappa shape index (κ2) is 5.30. The zero-order chi connectivity index (χ0) is 11.4. The predicted octanol–water partition coefficient (Wildman–Crippen LogP) is 3.11. The second-order valence-corrected chi connectivity index (χ2v) is 5.55. The maximum atomic E-state index is 5.73. The first kappa shape index (κ1) is 12.1. The van der Waals surface area contributed by atoms with Crippen molar-refractivity contribution in [2.24, 2.45) is 0 Å². The number of ether oxygens (including phenoxy) is 1. The van der Waals surface area contributed by atoms with Gasteiger partial charge in [0.15, 0.2) is 0 Å². The van der Waals surface area contributed by atoms with Gasteiger partial charge in [0.05, 0.1) is 5.60 Å². The smallest absolute Gasteiger partial charge is 0.0779 e. The fourth-order valence-electron chi connectivity index (χ4n) is 2.05. The van der Waals surface area contributed by atoms with Crippen LogP contribution in [0.5, 0.6) is 0 Å². The Morgan fingerprint density at radius 3 is 2.75 bits per heavy atom. The van der Waals surface area contributed by atoms with E-state index in [4.69, 9.17) is 4.74 Å². The second-order valence-electron chi connectivity index (χ2n) is 4.63. The van der Waals surface area contributed by atoms with Crippen LogP contribution in [0.2, 0.25) is 0 Å². The Kier molecular flexibility index (Phi) is 4.00. The van der Waals surface area contributed by atoms with Gasteiger partial charge in [0.25, 0.3) is 0 Å². The van der Waals surface area contributed by atoms with E-state index in [-0.39, 0.29) is 5.60 Å². The highest BCUT2D eigenvalue weighted by Gasteiger charge is 2.28. The van der Waals surface area contributed by atoms with Gasteiger partial charge < -0.3 is 10.1 Å². The van der Waals surface area contributed by atoms with Crippen LogP contribution in [-0.4, -0.2) is 18.8 Å². The molecule has 0 aromatic heterocycles. The summed E-state index contributed by atoms with van der Waals surface area (Å²) in [5.41, 5.74) is 1.36. The van der Waals surface area contributed by atoms with Crippen molar-refractivity contribution in [1.29, 1.82) is 0 Å². The van der Waals surface area contributed by atoms with Crippen LogP contribution in [0.3, 0.4) is 0 Å². The van der Waals surface area contributed by atoms with Gasteiger partial charge in [-0.1, -0.05) is 28.1 Å². The third-order valence-electron chi connectivity index (χ3n) is 3.04. The van der Waals surface area contributed by atoms with Crippen LogP contribution in [0.4, 0.5) is 0 Å². The minimum atomic E-state index is 0.0510. The molecular weight excluding hydrogens is 266 g/mol. The molecular formula is C13H18BrNO. The maximum absolute atomic E-state index is 5.73. The lowest BCUT2D eigenvalue weighted by molar-refractivity contribution is 0.0207. The van der Waals surface area contributed by atoms with Crippen molar-refractivity contribution in [2.45, 2.75) is 31.9 Å². The van der Waals surface area contributed by atoms with E-state index in [9.17, 15) is 0 Å². The first-order valence-electron chi connectivity index (χ1n) is 5.77. The molecule has 1 aliphatic rings. The summed E-state index contributed by atoms with van der Waals surface area (Å²) in [6, 6.07) is 8.42. The predicted molar refractivity (Wildman–Crippen MR) is 69.4 cm³/mol. The zero-order valence-corrected chi connectivity index (χ0v) is 11.2. The van der Waals surface area contributed by atoms with E-state index in [1.807, 2.05) is 0 Å². The maximum Gasteiger partial charge on any atom is 0.0779 e. The standard InChI is InChI=1S/C13H18BrNO/c1-13(7-2-8-16-13)10-15-9-11-3-5-12(14)6-4-11/h3-6,15H,2,7-10H2,1H3. The highest BCUT2D eigenvalue weighted by atomic mass is 79.9. The first-order chi connectivity index (χ1) is 7.68. The number of benzene rings is 1. The van der Waals surface area contributed by atoms with Crippen LogP contribution in [0.25, 0.3) is 0 Å². The van der Waals surface area contributed by atoms with Crippen LogP contribution >= 0.6 is 15.9 Å². The normalized spacial score (nSPS) is 24.9. The molecule has 1 saturated heterocycles. The molecule has 0 aliphatic carbocycles. The summed E-state index contributed by atoms with van der Waals surface area (Å²) in [4.78, 5) is 0. The molecule has 0 amide bonds. The van der Waals surface area contributed by atoms with Crippen molar-refractivity contribution in [1.82, 2.24) is 5.32 Å². The van der Waals surface area contributed by atoms with Gasteiger partial charge in [-0.05, 0) is 37.5 Å². The summed E-state index contributed by atoms with van der Waals surface area (Å²) < 4.78 is 6.85. The molecule has 1 heterocycles. The van der Waals surface area contributed by atoms with Crippen molar-refractivity contribution in [3.63, 3.8) is 0 Å². The molecule has 16 heavy (non-hydrogen) atoms. The largest absolute Gasteiger partial charge is 0.374 e. The molecule has 1 aromatic rings. The van der Waals surface area contributed by atoms with Gasteiger partial charge in [0.2, 0.25) is 0 Å². The molecule has 1 unspecified atom stereocenters. The van der Waals surface area contributed by atoms with E-state index in [1.165, 1.54) is 18.4 Å². The number of halogens is 1. The van der Waals surface area contributed by atoms with Crippen LogP contribution in [0.1, 0.15) is 25.3 Å². The summed E-state index contributed by atoms with van der Waals surface area (Å²) in [5, 5.41) is 3.46. The van der Waals surface area contributed by atoms with E-state index in [1.54, 1.807) is 0 Å². The van der Waals surface area contributed by atoms with Gasteiger partial charge in [0.1, 0.15) is 0 Å². The average Bonchev–Trinajstić information content (AvgIpc) is 2.69. The van der Waals surface area contributed by atoms with Crippen LogP contribution < -0.4 is 5.32 Å². The molecule has 0 saturated carbocycles. The number of nitrogens with one attached hydrogen (secondary N) is 1. The molecule has 1 fully saturated rings. The Balaban J connectivity index is 1.77. The molecule has 1 aliphatic heterocycles. The van der Waals surface area contributed by atoms with E-state index in [2.05, 4.69) is 52.4 Å². The molecule has 0 spiro atoms. The average molecular weight is 284 g/mol. The fourth-order valence-corrected chi connectivity index (χ4v) is 2.31. The molecule has 1 N–H and O–H groups in total. The van der Waals surface area contributed by atoms with Crippen molar-refractivity contribution in [3.8, 4) is 0 Å². The van der Waals surface area contributed by atoms with Gasteiger partial charge in [-0.25, -0.2) is 0 Å². The van der Waals surface area contributed by atoms with Gasteiger partial charge in [-0.2, -0.15) is 0 Å². The van der Waals surface area contributed by atoms with Crippen LogP contribution in [0, 0.1) is 0 Å². The number of hydrogen-bond acceptors (Lipinski definition) is 2. The summed E-state index contributed by atoms with van der Waals surface area (Å²) in [6.45, 7) is 4.94. The van der Waals surface area contributed by atoms with Crippen molar-refractivity contribution >= 4 is 15.9 Å². The van der Waals surface area contributed by atoms with Crippen LogP contribution in [0.15, 0.2) is 28.7 Å². The first-order valence-corrected chi connectivity index (χ1v) is 6.56. The molecule has 1 aromatic carbocycles. The SMILES string of the molecule is CC1(CNCc2ccc(Br)cc2)CCCO1. The molecule has 0 bridgehead atoms. The summed E-state index contributed by atoms with van der Waals surface area (Å²) in [7, 11) is 0.